The molecule has 0 unspecified atom stereocenters. The van der Waals surface area contributed by atoms with Crippen LogP contribution in [0.4, 0.5) is 0 Å². The topological polar surface area (TPSA) is 89.4 Å². The largest absolute Gasteiger partial charge is 0.484 e. The molecule has 0 aliphatic heterocycles. The zero-order valence-corrected chi connectivity index (χ0v) is 16.0. The Morgan fingerprint density at radius 1 is 1.22 bits per heavy atom. The van der Waals surface area contributed by atoms with Crippen molar-refractivity contribution in [1.29, 1.82) is 0 Å². The Kier molecular flexibility index (Phi) is 7.43. The van der Waals surface area contributed by atoms with E-state index in [-0.39, 0.29) is 25.0 Å². The van der Waals surface area contributed by atoms with Crippen molar-refractivity contribution in [1.82, 2.24) is 15.2 Å². The molecule has 2 amide bonds. The summed E-state index contributed by atoms with van der Waals surface area (Å²) in [6.07, 6.45) is 0.777. The molecule has 27 heavy (non-hydrogen) atoms. The summed E-state index contributed by atoms with van der Waals surface area (Å²) in [6.45, 7) is 4.33. The van der Waals surface area contributed by atoms with E-state index in [9.17, 15) is 14.4 Å². The van der Waals surface area contributed by atoms with Crippen molar-refractivity contribution in [3.8, 4) is 5.75 Å². The zero-order valence-electron chi connectivity index (χ0n) is 15.3. The lowest BCUT2D eigenvalue weighted by Gasteiger charge is -2.13. The number of rotatable bonds is 9. The molecular formula is C19H22ClN3O4. The summed E-state index contributed by atoms with van der Waals surface area (Å²) in [7, 11) is 0. The predicted octanol–water partition coefficient (Wildman–Crippen LogP) is 2.09. The standard InChI is InChI=1S/C19H22ClN3O4/c1-13-15(11-24)9-17(23(13)8-7-21-14(2)25)10-22-19(26)12-27-18-5-3-16(20)4-6-18/h3-6,9,11H,7-8,10,12H2,1-2H3,(H,21,25)(H,22,26). The summed E-state index contributed by atoms with van der Waals surface area (Å²) in [6, 6.07) is 8.46. The van der Waals surface area contributed by atoms with Crippen LogP contribution in [0.1, 0.15) is 28.7 Å². The van der Waals surface area contributed by atoms with Gasteiger partial charge in [-0.15, -0.1) is 0 Å². The highest BCUT2D eigenvalue weighted by Gasteiger charge is 2.12. The minimum atomic E-state index is -0.287. The fraction of sp³-hybridized carbons (Fsp3) is 0.316. The number of nitrogens with one attached hydrogen (secondary N) is 2. The SMILES string of the molecule is CC(=O)NCCn1c(CNC(=O)COc2ccc(Cl)cc2)cc(C=O)c1C. The van der Waals surface area contributed by atoms with Crippen molar-refractivity contribution in [3.63, 3.8) is 0 Å². The third-order valence-electron chi connectivity index (χ3n) is 3.98. The van der Waals surface area contributed by atoms with Gasteiger partial charge in [-0.3, -0.25) is 14.4 Å². The summed E-state index contributed by atoms with van der Waals surface area (Å²) < 4.78 is 7.30. The molecule has 1 aromatic carbocycles. The van der Waals surface area contributed by atoms with Crippen LogP contribution in [0.3, 0.4) is 0 Å². The van der Waals surface area contributed by atoms with Gasteiger partial charge in [-0.05, 0) is 37.3 Å². The van der Waals surface area contributed by atoms with Crippen LogP contribution in [0.5, 0.6) is 5.75 Å². The van der Waals surface area contributed by atoms with E-state index >= 15 is 0 Å². The first-order valence-corrected chi connectivity index (χ1v) is 8.82. The van der Waals surface area contributed by atoms with E-state index in [4.69, 9.17) is 16.3 Å². The predicted molar refractivity (Wildman–Crippen MR) is 102 cm³/mol. The number of aromatic nitrogens is 1. The first-order chi connectivity index (χ1) is 12.9. The molecule has 7 nitrogen and oxygen atoms in total. The third-order valence-corrected chi connectivity index (χ3v) is 4.23. The van der Waals surface area contributed by atoms with E-state index in [1.807, 2.05) is 11.5 Å². The van der Waals surface area contributed by atoms with E-state index in [1.54, 1.807) is 30.3 Å². The van der Waals surface area contributed by atoms with Crippen LogP contribution in [0, 0.1) is 6.92 Å². The second kappa shape index (κ2) is 9.78. The number of nitrogens with zero attached hydrogens (tertiary/aromatic N) is 1. The van der Waals surface area contributed by atoms with Crippen molar-refractivity contribution in [2.45, 2.75) is 26.9 Å². The number of carbonyl (C=O) groups is 3. The molecule has 0 spiro atoms. The lowest BCUT2D eigenvalue weighted by atomic mass is 10.3. The first-order valence-electron chi connectivity index (χ1n) is 8.44. The number of carbonyl (C=O) groups excluding carboxylic acids is 3. The zero-order chi connectivity index (χ0) is 19.8. The fourth-order valence-corrected chi connectivity index (χ4v) is 2.70. The van der Waals surface area contributed by atoms with Crippen molar-refractivity contribution < 1.29 is 19.1 Å². The van der Waals surface area contributed by atoms with Crippen molar-refractivity contribution in [2.24, 2.45) is 0 Å². The van der Waals surface area contributed by atoms with Crippen LogP contribution < -0.4 is 15.4 Å². The molecule has 0 atom stereocenters. The maximum atomic E-state index is 12.0. The summed E-state index contributed by atoms with van der Waals surface area (Å²) in [5.41, 5.74) is 2.12. The summed E-state index contributed by atoms with van der Waals surface area (Å²) >= 11 is 5.80. The Hall–Kier alpha value is -2.80. The van der Waals surface area contributed by atoms with Gasteiger partial charge < -0.3 is 19.9 Å². The van der Waals surface area contributed by atoms with Gasteiger partial charge in [0.25, 0.3) is 5.91 Å². The van der Waals surface area contributed by atoms with Gasteiger partial charge in [0, 0.05) is 42.0 Å². The molecule has 144 valence electrons. The number of halogens is 1. The second-order valence-electron chi connectivity index (χ2n) is 5.95. The maximum Gasteiger partial charge on any atom is 0.258 e. The van der Waals surface area contributed by atoms with Gasteiger partial charge in [0.2, 0.25) is 5.91 Å². The van der Waals surface area contributed by atoms with E-state index in [1.165, 1.54) is 6.92 Å². The van der Waals surface area contributed by atoms with Crippen LogP contribution in [0.15, 0.2) is 30.3 Å². The molecule has 0 aliphatic carbocycles. The molecule has 0 fully saturated rings. The van der Waals surface area contributed by atoms with Crippen molar-refractivity contribution in [3.05, 3.63) is 52.3 Å². The van der Waals surface area contributed by atoms with Crippen molar-refractivity contribution in [2.75, 3.05) is 13.2 Å². The molecule has 2 rings (SSSR count). The highest BCUT2D eigenvalue weighted by atomic mass is 35.5. The quantitative estimate of drug-likeness (QED) is 0.640. The van der Waals surface area contributed by atoms with Crippen LogP contribution in [-0.2, 0) is 22.7 Å². The lowest BCUT2D eigenvalue weighted by molar-refractivity contribution is -0.123. The molecule has 1 heterocycles. The van der Waals surface area contributed by atoms with Gasteiger partial charge in [0.05, 0.1) is 6.54 Å². The summed E-state index contributed by atoms with van der Waals surface area (Å²) in [5, 5.41) is 6.08. The van der Waals surface area contributed by atoms with E-state index in [0.29, 0.717) is 29.4 Å². The monoisotopic (exact) mass is 391 g/mol. The molecule has 0 aliphatic rings. The smallest absolute Gasteiger partial charge is 0.258 e. The molecular weight excluding hydrogens is 370 g/mol. The van der Waals surface area contributed by atoms with Gasteiger partial charge in [0.1, 0.15) is 5.75 Å². The van der Waals surface area contributed by atoms with Crippen LogP contribution in [-0.4, -0.2) is 35.8 Å². The highest BCUT2D eigenvalue weighted by Crippen LogP contribution is 2.16. The normalized spacial score (nSPS) is 10.3. The van der Waals surface area contributed by atoms with E-state index in [2.05, 4.69) is 10.6 Å². The van der Waals surface area contributed by atoms with E-state index in [0.717, 1.165) is 17.7 Å². The molecule has 1 aromatic heterocycles. The molecule has 0 bridgehead atoms. The van der Waals surface area contributed by atoms with Gasteiger partial charge in [0.15, 0.2) is 12.9 Å². The second-order valence-corrected chi connectivity index (χ2v) is 6.38. The number of hydrogen-bond acceptors (Lipinski definition) is 4. The van der Waals surface area contributed by atoms with Gasteiger partial charge in [-0.1, -0.05) is 11.6 Å². The highest BCUT2D eigenvalue weighted by molar-refractivity contribution is 6.30. The average Bonchev–Trinajstić information content (AvgIpc) is 2.94. The summed E-state index contributed by atoms with van der Waals surface area (Å²) in [5.74, 6) is 0.141. The van der Waals surface area contributed by atoms with Crippen LogP contribution in [0.2, 0.25) is 5.02 Å². The fourth-order valence-electron chi connectivity index (χ4n) is 2.57. The number of amides is 2. The van der Waals surface area contributed by atoms with Gasteiger partial charge in [-0.2, -0.15) is 0 Å². The molecule has 0 radical (unpaired) electrons. The molecule has 2 aromatic rings. The van der Waals surface area contributed by atoms with Crippen molar-refractivity contribution >= 4 is 29.7 Å². The Balaban J connectivity index is 1.92. The average molecular weight is 392 g/mol. The van der Waals surface area contributed by atoms with Crippen LogP contribution >= 0.6 is 11.6 Å². The number of aldehydes is 1. The molecule has 0 saturated heterocycles. The maximum absolute atomic E-state index is 12.0. The van der Waals surface area contributed by atoms with E-state index < -0.39 is 0 Å². The Morgan fingerprint density at radius 3 is 2.56 bits per heavy atom. The Labute approximate surface area is 162 Å². The first kappa shape index (κ1) is 20.5. The summed E-state index contributed by atoms with van der Waals surface area (Å²) in [4.78, 5) is 34.3. The molecule has 2 N–H and O–H groups in total. The molecule has 0 saturated carbocycles. The Bertz CT molecular complexity index is 815. The van der Waals surface area contributed by atoms with Crippen LogP contribution in [0.25, 0.3) is 0 Å². The van der Waals surface area contributed by atoms with Gasteiger partial charge in [-0.25, -0.2) is 0 Å². The minimum Gasteiger partial charge on any atom is -0.484 e. The lowest BCUT2D eigenvalue weighted by Crippen LogP contribution is -2.30. The van der Waals surface area contributed by atoms with Gasteiger partial charge >= 0.3 is 0 Å². The Morgan fingerprint density at radius 2 is 1.93 bits per heavy atom. The number of benzene rings is 1. The third kappa shape index (κ3) is 6.14. The minimum absolute atomic E-state index is 0.121. The molecule has 8 heteroatoms. The number of hydrogen-bond donors (Lipinski definition) is 2. The number of ether oxygens (including phenoxy) is 1.